The normalized spacial score (nSPS) is 22.5. The van der Waals surface area contributed by atoms with Gasteiger partial charge in [0.15, 0.2) is 0 Å². The quantitative estimate of drug-likeness (QED) is 0.802. The van der Waals surface area contributed by atoms with Gasteiger partial charge in [-0.15, -0.1) is 0 Å². The third-order valence-electron chi connectivity index (χ3n) is 3.83. The molecule has 1 saturated carbocycles. The molecule has 1 aromatic rings. The van der Waals surface area contributed by atoms with Crippen LogP contribution >= 0.6 is 0 Å². The first-order valence-corrected chi connectivity index (χ1v) is 6.70. The molecule has 1 aromatic carbocycles. The Balaban J connectivity index is 2.09. The molecule has 1 fully saturated rings. The molecule has 0 saturated heterocycles. The number of benzene rings is 1. The zero-order valence-corrected chi connectivity index (χ0v) is 11.6. The van der Waals surface area contributed by atoms with E-state index in [-0.39, 0.29) is 0 Å². The van der Waals surface area contributed by atoms with Crippen LogP contribution in [0.25, 0.3) is 0 Å². The van der Waals surface area contributed by atoms with Crippen LogP contribution in [0.4, 0.5) is 11.4 Å². The zero-order valence-electron chi connectivity index (χ0n) is 11.6. The van der Waals surface area contributed by atoms with Crippen molar-refractivity contribution in [1.82, 2.24) is 0 Å². The summed E-state index contributed by atoms with van der Waals surface area (Å²) in [4.78, 5) is 0. The summed E-state index contributed by atoms with van der Waals surface area (Å²) in [5.41, 5.74) is 8.23. The summed E-state index contributed by atoms with van der Waals surface area (Å²) < 4.78 is 5.24. The van der Waals surface area contributed by atoms with Crippen molar-refractivity contribution in [2.45, 2.75) is 45.6 Å². The van der Waals surface area contributed by atoms with Gasteiger partial charge in [0.05, 0.1) is 18.5 Å². The summed E-state index contributed by atoms with van der Waals surface area (Å²) >= 11 is 0. The predicted molar refractivity (Wildman–Crippen MR) is 77.1 cm³/mol. The molecule has 2 rings (SSSR count). The molecule has 0 aliphatic heterocycles. The Bertz CT molecular complexity index is 415. The average Bonchev–Trinajstić information content (AvgIpc) is 2.31. The lowest BCUT2D eigenvalue weighted by Crippen LogP contribution is -2.31. The average molecular weight is 248 g/mol. The summed E-state index contributed by atoms with van der Waals surface area (Å²) in [7, 11) is 1.68. The van der Waals surface area contributed by atoms with Gasteiger partial charge in [-0.3, -0.25) is 0 Å². The molecule has 1 aliphatic carbocycles. The third kappa shape index (κ3) is 3.09. The number of nitrogens with two attached hydrogens (primary N) is 1. The molecule has 0 bridgehead atoms. The van der Waals surface area contributed by atoms with Crippen LogP contribution in [0.3, 0.4) is 0 Å². The van der Waals surface area contributed by atoms with E-state index in [4.69, 9.17) is 10.5 Å². The van der Waals surface area contributed by atoms with Crippen molar-refractivity contribution in [3.8, 4) is 5.75 Å². The molecule has 1 aliphatic rings. The standard InChI is InChI=1S/C15H24N2O/c1-15(2)8-4-5-11(10-15)17-14-9-12(18-3)6-7-13(14)16/h6-7,9,11,17H,4-5,8,10,16H2,1-3H3. The Kier molecular flexibility index (Phi) is 3.69. The highest BCUT2D eigenvalue weighted by Gasteiger charge is 2.28. The Morgan fingerprint density at radius 1 is 1.39 bits per heavy atom. The highest BCUT2D eigenvalue weighted by molar-refractivity contribution is 5.68. The maximum atomic E-state index is 6.01. The topological polar surface area (TPSA) is 47.3 Å². The fourth-order valence-corrected chi connectivity index (χ4v) is 2.83. The van der Waals surface area contributed by atoms with E-state index in [0.717, 1.165) is 17.1 Å². The van der Waals surface area contributed by atoms with E-state index in [2.05, 4.69) is 19.2 Å². The molecular formula is C15H24N2O. The maximum Gasteiger partial charge on any atom is 0.121 e. The molecule has 18 heavy (non-hydrogen) atoms. The molecule has 0 spiro atoms. The van der Waals surface area contributed by atoms with E-state index in [1.54, 1.807) is 7.11 Å². The zero-order chi connectivity index (χ0) is 13.2. The van der Waals surface area contributed by atoms with Crippen LogP contribution in [0.15, 0.2) is 18.2 Å². The van der Waals surface area contributed by atoms with E-state index in [1.165, 1.54) is 25.7 Å². The lowest BCUT2D eigenvalue weighted by atomic mass is 9.75. The van der Waals surface area contributed by atoms with Gasteiger partial charge in [-0.1, -0.05) is 20.3 Å². The first-order chi connectivity index (χ1) is 8.50. The van der Waals surface area contributed by atoms with Crippen molar-refractivity contribution >= 4 is 11.4 Å². The molecule has 0 aromatic heterocycles. The minimum absolute atomic E-state index is 0.434. The highest BCUT2D eigenvalue weighted by atomic mass is 16.5. The van der Waals surface area contributed by atoms with Crippen molar-refractivity contribution in [1.29, 1.82) is 0 Å². The van der Waals surface area contributed by atoms with Crippen molar-refractivity contribution < 1.29 is 4.74 Å². The van der Waals surface area contributed by atoms with Crippen molar-refractivity contribution in [3.63, 3.8) is 0 Å². The number of hydrogen-bond donors (Lipinski definition) is 2. The van der Waals surface area contributed by atoms with E-state index in [1.807, 2.05) is 18.2 Å². The number of rotatable bonds is 3. The van der Waals surface area contributed by atoms with Crippen molar-refractivity contribution in [3.05, 3.63) is 18.2 Å². The summed E-state index contributed by atoms with van der Waals surface area (Å²) in [6, 6.07) is 6.29. The first-order valence-electron chi connectivity index (χ1n) is 6.70. The third-order valence-corrected chi connectivity index (χ3v) is 3.83. The van der Waals surface area contributed by atoms with Gasteiger partial charge >= 0.3 is 0 Å². The van der Waals surface area contributed by atoms with Gasteiger partial charge in [-0.05, 0) is 36.8 Å². The molecule has 100 valence electrons. The second-order valence-corrected chi connectivity index (χ2v) is 6.06. The Hall–Kier alpha value is -1.38. The van der Waals surface area contributed by atoms with E-state index >= 15 is 0 Å². The van der Waals surface area contributed by atoms with Gasteiger partial charge < -0.3 is 15.8 Å². The van der Waals surface area contributed by atoms with E-state index in [0.29, 0.717) is 11.5 Å². The molecule has 0 radical (unpaired) electrons. The highest BCUT2D eigenvalue weighted by Crippen LogP contribution is 2.37. The summed E-state index contributed by atoms with van der Waals surface area (Å²) in [6.45, 7) is 4.69. The van der Waals surface area contributed by atoms with Crippen LogP contribution in [-0.4, -0.2) is 13.2 Å². The number of methoxy groups -OCH3 is 1. The Morgan fingerprint density at radius 3 is 2.83 bits per heavy atom. The molecule has 3 N–H and O–H groups in total. The van der Waals surface area contributed by atoms with Gasteiger partial charge in [0.1, 0.15) is 5.75 Å². The number of hydrogen-bond acceptors (Lipinski definition) is 3. The Morgan fingerprint density at radius 2 is 2.17 bits per heavy atom. The number of nitrogen functional groups attached to an aromatic ring is 1. The van der Waals surface area contributed by atoms with Crippen LogP contribution in [0, 0.1) is 5.41 Å². The van der Waals surface area contributed by atoms with Crippen LogP contribution in [0.5, 0.6) is 5.75 Å². The Labute approximate surface area is 110 Å². The largest absolute Gasteiger partial charge is 0.497 e. The summed E-state index contributed by atoms with van der Waals surface area (Å²) in [5.74, 6) is 0.849. The predicted octanol–water partition coefficient (Wildman–Crippen LogP) is 3.66. The minimum Gasteiger partial charge on any atom is -0.497 e. The molecule has 1 atom stereocenters. The van der Waals surface area contributed by atoms with Crippen molar-refractivity contribution in [2.75, 3.05) is 18.2 Å². The van der Waals surface area contributed by atoms with Gasteiger partial charge in [0, 0.05) is 12.1 Å². The molecule has 0 heterocycles. The minimum atomic E-state index is 0.434. The van der Waals surface area contributed by atoms with E-state index in [9.17, 15) is 0 Å². The lowest BCUT2D eigenvalue weighted by Gasteiger charge is -2.36. The van der Waals surface area contributed by atoms with E-state index < -0.39 is 0 Å². The van der Waals surface area contributed by atoms with Gasteiger partial charge in [0.2, 0.25) is 0 Å². The maximum absolute atomic E-state index is 6.01. The molecule has 3 heteroatoms. The fourth-order valence-electron chi connectivity index (χ4n) is 2.83. The van der Waals surface area contributed by atoms with Crippen LogP contribution in [-0.2, 0) is 0 Å². The SMILES string of the molecule is COc1ccc(N)c(NC2CCCC(C)(C)C2)c1. The molecule has 0 amide bonds. The van der Waals surface area contributed by atoms with Crippen LogP contribution < -0.4 is 15.8 Å². The van der Waals surface area contributed by atoms with Crippen molar-refractivity contribution in [2.24, 2.45) is 5.41 Å². The van der Waals surface area contributed by atoms with Gasteiger partial charge in [-0.2, -0.15) is 0 Å². The number of anilines is 2. The molecular weight excluding hydrogens is 224 g/mol. The van der Waals surface area contributed by atoms with Crippen LogP contribution in [0.2, 0.25) is 0 Å². The van der Waals surface area contributed by atoms with Crippen LogP contribution in [0.1, 0.15) is 39.5 Å². The fraction of sp³-hybridized carbons (Fsp3) is 0.600. The van der Waals surface area contributed by atoms with Gasteiger partial charge in [0.25, 0.3) is 0 Å². The lowest BCUT2D eigenvalue weighted by molar-refractivity contribution is 0.229. The van der Waals surface area contributed by atoms with Gasteiger partial charge in [-0.25, -0.2) is 0 Å². The number of ether oxygens (including phenoxy) is 1. The molecule has 1 unspecified atom stereocenters. The number of nitrogens with one attached hydrogen (secondary N) is 1. The monoisotopic (exact) mass is 248 g/mol. The summed E-state index contributed by atoms with van der Waals surface area (Å²) in [5, 5.41) is 3.57. The second kappa shape index (κ2) is 5.09. The smallest absolute Gasteiger partial charge is 0.121 e. The molecule has 3 nitrogen and oxygen atoms in total. The summed E-state index contributed by atoms with van der Waals surface area (Å²) in [6.07, 6.45) is 5.02. The first kappa shape index (κ1) is 13.1. The second-order valence-electron chi connectivity index (χ2n) is 6.06.